The van der Waals surface area contributed by atoms with Gasteiger partial charge in [0.2, 0.25) is 0 Å². The lowest BCUT2D eigenvalue weighted by Crippen LogP contribution is -2.43. The van der Waals surface area contributed by atoms with Crippen LogP contribution in [0.1, 0.15) is 5.56 Å². The summed E-state index contributed by atoms with van der Waals surface area (Å²) in [4.78, 5) is 24.6. The molecule has 1 aromatic rings. The molecule has 2 N–H and O–H groups in total. The fourth-order valence-electron chi connectivity index (χ4n) is 1.21. The van der Waals surface area contributed by atoms with Crippen molar-refractivity contribution in [3.8, 4) is 0 Å². The van der Waals surface area contributed by atoms with Gasteiger partial charge in [0.05, 0.1) is 6.54 Å². The van der Waals surface area contributed by atoms with Gasteiger partial charge in [-0.1, -0.05) is 35.4 Å². The molecule has 0 unspecified atom stereocenters. The van der Waals surface area contributed by atoms with Crippen LogP contribution in [0.15, 0.2) is 35.4 Å². The Morgan fingerprint density at radius 1 is 1.42 bits per heavy atom. The second-order valence-electron chi connectivity index (χ2n) is 3.51. The highest BCUT2D eigenvalue weighted by molar-refractivity contribution is 5.80. The van der Waals surface area contributed by atoms with Gasteiger partial charge >= 0.3 is 12.1 Å². The minimum absolute atomic E-state index is 0.0283. The predicted molar refractivity (Wildman–Crippen MR) is 65.2 cm³/mol. The molecule has 0 aliphatic rings. The average molecular weight is 264 g/mol. The van der Waals surface area contributed by atoms with Crippen molar-refractivity contribution in [2.45, 2.75) is 12.6 Å². The Labute approximate surface area is 108 Å². The lowest BCUT2D eigenvalue weighted by molar-refractivity contribution is -0.139. The first-order valence-corrected chi connectivity index (χ1v) is 5.34. The Morgan fingerprint density at radius 3 is 2.68 bits per heavy atom. The van der Waals surface area contributed by atoms with Crippen molar-refractivity contribution < 1.29 is 19.4 Å². The summed E-state index contributed by atoms with van der Waals surface area (Å²) in [6, 6.07) is 7.63. The summed E-state index contributed by atoms with van der Waals surface area (Å²) < 4.78 is 4.84. The number of nitrogens with one attached hydrogen (secondary N) is 1. The van der Waals surface area contributed by atoms with Crippen LogP contribution in [0, 0.1) is 0 Å². The fraction of sp³-hybridized carbons (Fsp3) is 0.273. The quantitative estimate of drug-likeness (QED) is 0.460. The molecule has 1 amide bonds. The van der Waals surface area contributed by atoms with E-state index < -0.39 is 18.1 Å². The van der Waals surface area contributed by atoms with E-state index in [4.69, 9.17) is 15.4 Å². The number of rotatable bonds is 6. The van der Waals surface area contributed by atoms with Crippen LogP contribution in [0.3, 0.4) is 0 Å². The molecule has 0 saturated carbocycles. The summed E-state index contributed by atoms with van der Waals surface area (Å²) in [5.41, 5.74) is 8.88. The van der Waals surface area contributed by atoms with Crippen molar-refractivity contribution in [1.82, 2.24) is 5.32 Å². The Hall–Kier alpha value is -2.73. The van der Waals surface area contributed by atoms with Crippen molar-refractivity contribution in [3.63, 3.8) is 0 Å². The Morgan fingerprint density at radius 2 is 2.11 bits per heavy atom. The number of carbonyl (C=O) groups is 2. The lowest BCUT2D eigenvalue weighted by atomic mass is 10.2. The Kier molecular flexibility index (Phi) is 5.71. The molecule has 0 aliphatic heterocycles. The number of carbonyl (C=O) groups excluding carboxylic acids is 1. The normalized spacial score (nSPS) is 10.9. The smallest absolute Gasteiger partial charge is 0.408 e. The maximum absolute atomic E-state index is 11.4. The molecule has 8 nitrogen and oxygen atoms in total. The van der Waals surface area contributed by atoms with E-state index in [2.05, 4.69) is 15.3 Å². The zero-order valence-corrected chi connectivity index (χ0v) is 9.89. The van der Waals surface area contributed by atoms with Crippen LogP contribution in [0.25, 0.3) is 10.4 Å². The molecule has 0 bridgehead atoms. The maximum atomic E-state index is 11.4. The van der Waals surface area contributed by atoms with E-state index in [1.54, 1.807) is 24.3 Å². The third-order valence-electron chi connectivity index (χ3n) is 2.13. The Balaban J connectivity index is 2.44. The van der Waals surface area contributed by atoms with Gasteiger partial charge in [0.15, 0.2) is 0 Å². The van der Waals surface area contributed by atoms with Crippen LogP contribution in [0.5, 0.6) is 0 Å². The standard InChI is InChI=1S/C11H12N4O4/c12-15-13-6-9(10(16)17)14-11(18)19-7-8-4-2-1-3-5-8/h1-5,9H,6-7H2,(H,14,18)(H,16,17)/t9-/m0/s1. The van der Waals surface area contributed by atoms with E-state index in [1.165, 1.54) is 0 Å². The molecule has 19 heavy (non-hydrogen) atoms. The summed E-state index contributed by atoms with van der Waals surface area (Å²) in [7, 11) is 0. The molecule has 0 aliphatic carbocycles. The van der Waals surface area contributed by atoms with Gasteiger partial charge in [-0.25, -0.2) is 9.59 Å². The van der Waals surface area contributed by atoms with Gasteiger partial charge in [-0.3, -0.25) is 0 Å². The first kappa shape index (κ1) is 14.3. The van der Waals surface area contributed by atoms with Crippen LogP contribution >= 0.6 is 0 Å². The highest BCUT2D eigenvalue weighted by atomic mass is 16.5. The van der Waals surface area contributed by atoms with Gasteiger partial charge in [0.25, 0.3) is 0 Å². The van der Waals surface area contributed by atoms with Crippen molar-refractivity contribution >= 4 is 12.1 Å². The number of amides is 1. The lowest BCUT2D eigenvalue weighted by Gasteiger charge is -2.12. The monoisotopic (exact) mass is 264 g/mol. The first-order chi connectivity index (χ1) is 9.13. The van der Waals surface area contributed by atoms with Gasteiger partial charge in [-0.05, 0) is 11.1 Å². The minimum atomic E-state index is -1.31. The topological polar surface area (TPSA) is 124 Å². The molecule has 0 fully saturated rings. The first-order valence-electron chi connectivity index (χ1n) is 5.34. The third kappa shape index (κ3) is 5.42. The minimum Gasteiger partial charge on any atom is -0.480 e. The number of carboxylic acids is 1. The molecule has 0 heterocycles. The number of aliphatic carboxylic acids is 1. The van der Waals surface area contributed by atoms with Gasteiger partial charge < -0.3 is 15.2 Å². The third-order valence-corrected chi connectivity index (χ3v) is 2.13. The summed E-state index contributed by atoms with van der Waals surface area (Å²) in [6.45, 7) is -0.354. The van der Waals surface area contributed by atoms with Crippen molar-refractivity contribution in [2.75, 3.05) is 6.54 Å². The number of hydrogen-bond donors (Lipinski definition) is 2. The molecule has 0 saturated heterocycles. The van der Waals surface area contributed by atoms with Crippen molar-refractivity contribution in [1.29, 1.82) is 0 Å². The zero-order chi connectivity index (χ0) is 14.1. The Bertz CT molecular complexity index is 485. The largest absolute Gasteiger partial charge is 0.480 e. The zero-order valence-electron chi connectivity index (χ0n) is 9.89. The predicted octanol–water partition coefficient (Wildman–Crippen LogP) is 1.68. The number of hydrogen-bond acceptors (Lipinski definition) is 4. The van der Waals surface area contributed by atoms with Gasteiger partial charge in [-0.15, -0.1) is 0 Å². The maximum Gasteiger partial charge on any atom is 0.408 e. The number of carboxylic acid groups (broad SMARTS) is 1. The van der Waals surface area contributed by atoms with E-state index in [0.29, 0.717) is 0 Å². The van der Waals surface area contributed by atoms with Crippen LogP contribution in [-0.2, 0) is 16.1 Å². The van der Waals surface area contributed by atoms with Crippen LogP contribution < -0.4 is 5.32 Å². The second-order valence-corrected chi connectivity index (χ2v) is 3.51. The molecule has 0 aromatic heterocycles. The average Bonchev–Trinajstić information content (AvgIpc) is 2.42. The van der Waals surface area contributed by atoms with E-state index in [9.17, 15) is 9.59 Å². The van der Waals surface area contributed by atoms with Gasteiger partial charge in [-0.2, -0.15) is 0 Å². The molecule has 1 aromatic carbocycles. The molecule has 0 radical (unpaired) electrons. The van der Waals surface area contributed by atoms with E-state index in [1.807, 2.05) is 6.07 Å². The highest BCUT2D eigenvalue weighted by Crippen LogP contribution is 2.00. The molecule has 0 spiro atoms. The SMILES string of the molecule is [N-]=[N+]=NC[C@H](NC(=O)OCc1ccccc1)C(=O)O. The van der Waals surface area contributed by atoms with Crippen LogP contribution in [0.2, 0.25) is 0 Å². The summed E-state index contributed by atoms with van der Waals surface area (Å²) in [5, 5.41) is 14.0. The number of nitrogens with zero attached hydrogens (tertiary/aromatic N) is 3. The summed E-state index contributed by atoms with van der Waals surface area (Å²) in [5.74, 6) is -1.30. The van der Waals surface area contributed by atoms with Gasteiger partial charge in [0.1, 0.15) is 12.6 Å². The van der Waals surface area contributed by atoms with Gasteiger partial charge in [0, 0.05) is 4.91 Å². The van der Waals surface area contributed by atoms with E-state index in [0.717, 1.165) is 5.56 Å². The summed E-state index contributed by atoms with van der Waals surface area (Å²) in [6.07, 6.45) is -0.885. The van der Waals surface area contributed by atoms with Crippen LogP contribution in [-0.4, -0.2) is 29.8 Å². The molecular formula is C11H12N4O4. The van der Waals surface area contributed by atoms with Crippen molar-refractivity contribution in [3.05, 3.63) is 46.3 Å². The highest BCUT2D eigenvalue weighted by Gasteiger charge is 2.19. The van der Waals surface area contributed by atoms with E-state index >= 15 is 0 Å². The molecule has 100 valence electrons. The summed E-state index contributed by atoms with van der Waals surface area (Å²) >= 11 is 0. The number of alkyl carbamates (subject to hydrolysis) is 1. The fourth-order valence-corrected chi connectivity index (χ4v) is 1.21. The molecule has 8 heteroatoms. The number of ether oxygens (including phenoxy) is 1. The molecule has 1 rings (SSSR count). The molecule has 1 atom stereocenters. The number of benzene rings is 1. The van der Waals surface area contributed by atoms with Crippen molar-refractivity contribution in [2.24, 2.45) is 5.11 Å². The van der Waals surface area contributed by atoms with Crippen LogP contribution in [0.4, 0.5) is 4.79 Å². The second kappa shape index (κ2) is 7.57. The number of azide groups is 1. The molecular weight excluding hydrogens is 252 g/mol. The van der Waals surface area contributed by atoms with E-state index in [-0.39, 0.29) is 13.2 Å².